The van der Waals surface area contributed by atoms with Crippen LogP contribution in [-0.2, 0) is 86.1 Å². The molecule has 632 valence electrons. The molecule has 2 aliphatic carbocycles. The summed E-state index contributed by atoms with van der Waals surface area (Å²) in [7, 11) is 0. The molecule has 0 bridgehead atoms. The number of carbonyl (C=O) groups excluding carboxylic acids is 15. The third-order valence-corrected chi connectivity index (χ3v) is 25.5. The molecule has 8 rings (SSSR count). The monoisotopic (exact) mass is 1580 g/mol. The summed E-state index contributed by atoms with van der Waals surface area (Å²) in [6.45, 7) is 46.2. The molecule has 6 amide bonds. The number of hydrogen-bond acceptors (Lipinski definition) is 19. The van der Waals surface area contributed by atoms with Gasteiger partial charge in [0.05, 0.1) is 55.1 Å². The molecule has 23 heteroatoms. The van der Waals surface area contributed by atoms with Crippen molar-refractivity contribution in [2.75, 3.05) is 39.4 Å². The van der Waals surface area contributed by atoms with E-state index in [1.54, 1.807) is 42.7 Å². The molecule has 23 nitrogen and oxygen atoms in total. The first-order valence-corrected chi connectivity index (χ1v) is 42.2. The summed E-state index contributed by atoms with van der Waals surface area (Å²) >= 11 is 0. The van der Waals surface area contributed by atoms with Crippen LogP contribution in [0.2, 0.25) is 0 Å². The Balaban J connectivity index is 0.000000292. The van der Waals surface area contributed by atoms with E-state index in [1.807, 2.05) is 83.1 Å². The minimum Gasteiger partial charge on any atom is -0.460 e. The highest BCUT2D eigenvalue weighted by Crippen LogP contribution is 2.66. The number of hydrogen-bond donors (Lipinski definition) is 0. The fraction of sp³-hybridized carbons (Fsp3) is 0.789. The average molecular weight is 1580 g/mol. The number of ketones is 7. The Morgan fingerprint density at radius 3 is 1.27 bits per heavy atom. The van der Waals surface area contributed by atoms with Gasteiger partial charge in [0.15, 0.2) is 23.1 Å². The summed E-state index contributed by atoms with van der Waals surface area (Å²) in [6, 6.07) is -1.83. The normalized spacial score (nSPS) is 29.1. The second-order valence-corrected chi connectivity index (χ2v) is 40.0. The van der Waals surface area contributed by atoms with Gasteiger partial charge in [-0.3, -0.25) is 76.9 Å². The van der Waals surface area contributed by atoms with Crippen molar-refractivity contribution in [2.24, 2.45) is 90.7 Å². The summed E-state index contributed by atoms with van der Waals surface area (Å²) in [5.74, 6) is -7.38. The topological polar surface area (TPSA) is 309 Å². The summed E-state index contributed by atoms with van der Waals surface area (Å²) < 4.78 is 17.9. The van der Waals surface area contributed by atoms with Crippen molar-refractivity contribution >= 4 is 88.0 Å². The first-order valence-electron chi connectivity index (χ1n) is 42.2. The molecule has 14 atom stereocenters. The smallest absolute Gasteiger partial charge is 0.307 e. The minimum atomic E-state index is -0.830. The number of carbonyl (C=O) groups is 14. The highest BCUT2D eigenvalue weighted by molar-refractivity contribution is 6.38. The Kier molecular flexibility index (Phi) is 33.5. The van der Waals surface area contributed by atoms with Crippen LogP contribution in [0, 0.1) is 85.8 Å². The fourth-order valence-electron chi connectivity index (χ4n) is 18.1. The molecule has 0 radical (unpaired) electrons. The van der Waals surface area contributed by atoms with Gasteiger partial charge in [-0.2, -0.15) is 0 Å². The highest BCUT2D eigenvalue weighted by Gasteiger charge is 2.71. The van der Waals surface area contributed by atoms with Crippen LogP contribution in [0.25, 0.3) is 0 Å². The Labute approximate surface area is 674 Å². The third kappa shape index (κ3) is 26.1. The van der Waals surface area contributed by atoms with E-state index in [1.165, 1.54) is 15.9 Å². The van der Waals surface area contributed by atoms with E-state index >= 15 is 0 Å². The number of amides is 6. The maximum absolute atomic E-state index is 14.7. The number of aliphatic imine (C=N–C) groups is 1. The second-order valence-electron chi connectivity index (χ2n) is 40.0. The van der Waals surface area contributed by atoms with Crippen LogP contribution in [0.4, 0.5) is 0 Å². The first kappa shape index (κ1) is 95.0. The number of fused-ring (bicyclic) bond motifs is 6. The summed E-state index contributed by atoms with van der Waals surface area (Å²) in [5.41, 5.74) is -2.33. The zero-order valence-corrected chi connectivity index (χ0v) is 72.2. The van der Waals surface area contributed by atoms with Crippen molar-refractivity contribution in [3.63, 3.8) is 0 Å². The molecule has 0 aromatic heterocycles. The molecule has 0 aromatic carbocycles. The molecule has 8 fully saturated rings. The molecule has 113 heavy (non-hydrogen) atoms. The van der Waals surface area contributed by atoms with Crippen LogP contribution in [0.5, 0.6) is 0 Å². The van der Waals surface area contributed by atoms with Crippen molar-refractivity contribution in [3.8, 4) is 0 Å². The van der Waals surface area contributed by atoms with Gasteiger partial charge < -0.3 is 24.0 Å². The lowest BCUT2D eigenvalue weighted by Gasteiger charge is -2.39. The zero-order valence-electron chi connectivity index (χ0n) is 72.2. The molecule has 0 spiro atoms. The SMILES string of the molecule is C=CCCC(=O)C(=O)[C@@H]1CCCCCCCO[C@@H](C)[C@H](CC(=O)C[C@H](CN2C(=O)CC(C)(C)CC2=O)C(C)(C)C)C(=O)N2C[C@H]3[C@@H]([C@H]2C(=O)C1)C3(C)C.C=CCCC(=O)C(=O)[C@@H]1CCCCCCCO[C@@H](C)[C@H](CC(=O)OC(C)(C)C)C(=O)N2C[C@H]3[C@@H]([C@H]2C(=O)C1)C3(C)C.CC1(C)CC(=O)N(C[C@@H](N=C=O)C(C)(C)C)C(=O)C1. The lowest BCUT2D eigenvalue weighted by atomic mass is 9.75. The van der Waals surface area contributed by atoms with Gasteiger partial charge in [-0.1, -0.05) is 160 Å². The maximum Gasteiger partial charge on any atom is 0.307 e. The Hall–Kier alpha value is -6.84. The number of piperidine rings is 4. The quantitative estimate of drug-likeness (QED) is 0.0257. The van der Waals surface area contributed by atoms with Gasteiger partial charge in [-0.15, -0.1) is 13.2 Å². The number of ether oxygens (including phenoxy) is 3. The van der Waals surface area contributed by atoms with Crippen molar-refractivity contribution in [2.45, 2.75) is 328 Å². The molecule has 0 N–H and O–H groups in total. The molecular formula is C90H139N5O18. The Morgan fingerprint density at radius 2 is 0.912 bits per heavy atom. The van der Waals surface area contributed by atoms with Gasteiger partial charge in [0, 0.05) is 109 Å². The molecule has 2 saturated carbocycles. The lowest BCUT2D eigenvalue weighted by molar-refractivity contribution is -0.162. The number of esters is 1. The van der Waals surface area contributed by atoms with Crippen molar-refractivity contribution in [3.05, 3.63) is 25.3 Å². The van der Waals surface area contributed by atoms with Gasteiger partial charge in [0.25, 0.3) is 0 Å². The molecule has 6 aliphatic heterocycles. The Morgan fingerprint density at radius 1 is 0.540 bits per heavy atom. The van der Waals surface area contributed by atoms with E-state index in [0.29, 0.717) is 64.8 Å². The molecule has 0 unspecified atom stereocenters. The standard InChI is InChI=1S/C43H66N2O8.C33H51NO7.C14H22N2O3/c1-10-11-18-33(47)39(51)28-17-15-13-12-14-16-19-53-27(2)31(40(52)45-26-32-37(43(32,8)9)38(45)34(48)20-28)22-30(46)21-29(41(3,4)5)25-44-35(49)23-42(6,7)24-36(44)50;1-8-9-16-25(35)30(38)22-15-13-11-10-12-14-17-40-21(2)23(19-27(37)41-32(3,4)5)31(39)34-20-24-28(33(24,6)7)29(34)26(36)18-22;1-13(2,3)10(15-9-17)8-16-11(18)6-14(4,5)7-12(16)19/h10,27-29,31-32,37-38H,1,11-26H2,2-9H3;8,21-24,28-29H,1,9-20H2,2-7H3;10H,6-8H2,1-5H3/t27-,28+,29+,31-,32-,37-,38+;21-,22+,23-,24-,28-,29+;10-/m001/s1. The lowest BCUT2D eigenvalue weighted by Crippen LogP contribution is -2.51. The van der Waals surface area contributed by atoms with Gasteiger partial charge in [0.1, 0.15) is 11.4 Å². The molecule has 6 heterocycles. The van der Waals surface area contributed by atoms with Crippen LogP contribution < -0.4 is 0 Å². The van der Waals surface area contributed by atoms with Crippen molar-refractivity contribution in [1.29, 1.82) is 0 Å². The number of nitrogens with zero attached hydrogens (tertiary/aromatic N) is 5. The van der Waals surface area contributed by atoms with Crippen molar-refractivity contribution in [1.82, 2.24) is 19.6 Å². The van der Waals surface area contributed by atoms with Crippen LogP contribution in [0.3, 0.4) is 0 Å². The summed E-state index contributed by atoms with van der Waals surface area (Å²) in [6.07, 6.45) is 15.1. The number of imide groups is 2. The largest absolute Gasteiger partial charge is 0.460 e. The van der Waals surface area contributed by atoms with E-state index in [-0.39, 0.29) is 175 Å². The predicted molar refractivity (Wildman–Crippen MR) is 429 cm³/mol. The van der Waals surface area contributed by atoms with Crippen LogP contribution in [0.1, 0.15) is 292 Å². The summed E-state index contributed by atoms with van der Waals surface area (Å²) in [5, 5.41) is 0. The number of allylic oxidation sites excluding steroid dienone is 2. The number of Topliss-reactive ketones (excluding diaryl/α,β-unsaturated/α-hetero) is 7. The zero-order chi connectivity index (χ0) is 84.8. The molecular weight excluding hydrogens is 1440 g/mol. The van der Waals surface area contributed by atoms with E-state index < -0.39 is 99.5 Å². The maximum atomic E-state index is 14.7. The van der Waals surface area contributed by atoms with Crippen LogP contribution >= 0.6 is 0 Å². The van der Waals surface area contributed by atoms with Gasteiger partial charge in [-0.05, 0) is 135 Å². The van der Waals surface area contributed by atoms with E-state index in [2.05, 4.69) is 45.8 Å². The Bertz CT molecular complexity index is 3520. The highest BCUT2D eigenvalue weighted by atomic mass is 16.6. The average Bonchev–Trinajstić information content (AvgIpc) is 1.53. The molecule has 0 aromatic rings. The van der Waals surface area contributed by atoms with Crippen LogP contribution in [-0.4, -0.2) is 183 Å². The number of isocyanates is 1. The second kappa shape index (κ2) is 39.9. The molecule has 8 aliphatic rings. The van der Waals surface area contributed by atoms with E-state index in [9.17, 15) is 71.9 Å². The van der Waals surface area contributed by atoms with E-state index in [4.69, 9.17) is 14.2 Å². The fourth-order valence-corrected chi connectivity index (χ4v) is 18.1. The van der Waals surface area contributed by atoms with Crippen molar-refractivity contribution < 1.29 is 86.1 Å². The van der Waals surface area contributed by atoms with Crippen LogP contribution in [0.15, 0.2) is 30.3 Å². The van der Waals surface area contributed by atoms with Gasteiger partial charge in [-0.25, -0.2) is 9.79 Å². The molecule has 6 saturated heterocycles. The van der Waals surface area contributed by atoms with E-state index in [0.717, 1.165) is 64.2 Å². The van der Waals surface area contributed by atoms with Gasteiger partial charge in [0.2, 0.25) is 53.1 Å². The summed E-state index contributed by atoms with van der Waals surface area (Å²) in [4.78, 5) is 207. The first-order chi connectivity index (χ1) is 52.4. The minimum absolute atomic E-state index is 0.0107. The van der Waals surface area contributed by atoms with Gasteiger partial charge >= 0.3 is 5.97 Å². The third-order valence-electron chi connectivity index (χ3n) is 25.5. The number of rotatable bonds is 21. The number of likely N-dealkylation sites (tertiary alicyclic amines) is 2. The predicted octanol–water partition coefficient (Wildman–Crippen LogP) is 13.9.